The van der Waals surface area contributed by atoms with Crippen molar-refractivity contribution >= 4 is 11.6 Å². The third-order valence-electron chi connectivity index (χ3n) is 1.80. The minimum atomic E-state index is -0.127. The number of aromatic nitrogens is 2. The largest absolute Gasteiger partial charge is 0.367 e. The van der Waals surface area contributed by atoms with Crippen LogP contribution < -0.4 is 5.32 Å². The molecule has 0 spiro atoms. The van der Waals surface area contributed by atoms with Crippen molar-refractivity contribution in [3.63, 3.8) is 0 Å². The number of carbonyl (C=O) groups excluding carboxylic acids is 1. The van der Waals surface area contributed by atoms with Gasteiger partial charge in [0.2, 0.25) is 0 Å². The van der Waals surface area contributed by atoms with E-state index in [1.807, 2.05) is 0 Å². The van der Waals surface area contributed by atoms with E-state index in [1.165, 1.54) is 0 Å². The zero-order valence-electron chi connectivity index (χ0n) is 7.40. The molecular formula is C10H9N3O. The minimum Gasteiger partial charge on any atom is -0.367 e. The maximum atomic E-state index is 11.5. The number of anilines is 1. The standard InChI is InChI=1S/C10H9N3O/c14-10(8-1-4-12-7-8)13-9-2-5-11-6-3-9/h1-7,12H,(H,11,13,14). The quantitative estimate of drug-likeness (QED) is 0.751. The number of hydrogen-bond acceptors (Lipinski definition) is 2. The molecule has 70 valence electrons. The van der Waals surface area contributed by atoms with Crippen molar-refractivity contribution < 1.29 is 4.79 Å². The lowest BCUT2D eigenvalue weighted by Crippen LogP contribution is -2.10. The van der Waals surface area contributed by atoms with E-state index in [0.29, 0.717) is 5.56 Å². The lowest BCUT2D eigenvalue weighted by atomic mass is 10.3. The van der Waals surface area contributed by atoms with Gasteiger partial charge in [0.05, 0.1) is 5.56 Å². The summed E-state index contributed by atoms with van der Waals surface area (Å²) in [6.07, 6.45) is 6.62. The van der Waals surface area contributed by atoms with Crippen LogP contribution in [-0.4, -0.2) is 15.9 Å². The molecule has 0 radical (unpaired) electrons. The number of hydrogen-bond donors (Lipinski definition) is 2. The zero-order chi connectivity index (χ0) is 9.80. The fourth-order valence-electron chi connectivity index (χ4n) is 1.10. The molecule has 0 atom stereocenters. The molecular weight excluding hydrogens is 178 g/mol. The Morgan fingerprint density at radius 1 is 1.29 bits per heavy atom. The molecule has 14 heavy (non-hydrogen) atoms. The molecule has 0 fully saturated rings. The van der Waals surface area contributed by atoms with Gasteiger partial charge in [-0.1, -0.05) is 0 Å². The lowest BCUT2D eigenvalue weighted by molar-refractivity contribution is 0.102. The molecule has 0 aliphatic carbocycles. The number of carbonyl (C=O) groups is 1. The van der Waals surface area contributed by atoms with Gasteiger partial charge < -0.3 is 10.3 Å². The van der Waals surface area contributed by atoms with Crippen molar-refractivity contribution in [3.05, 3.63) is 48.5 Å². The number of amides is 1. The number of aromatic amines is 1. The van der Waals surface area contributed by atoms with Gasteiger partial charge in [-0.25, -0.2) is 0 Å². The second-order valence-corrected chi connectivity index (χ2v) is 2.79. The molecule has 0 aromatic carbocycles. The summed E-state index contributed by atoms with van der Waals surface area (Å²) in [5.74, 6) is -0.127. The molecule has 2 aromatic heterocycles. The Kier molecular flexibility index (Phi) is 2.27. The van der Waals surface area contributed by atoms with Gasteiger partial charge in [0.1, 0.15) is 0 Å². The number of H-pyrrole nitrogens is 1. The number of pyridine rings is 1. The molecule has 0 aliphatic heterocycles. The van der Waals surface area contributed by atoms with E-state index in [1.54, 1.807) is 43.0 Å². The maximum Gasteiger partial charge on any atom is 0.257 e. The topological polar surface area (TPSA) is 57.8 Å². The van der Waals surface area contributed by atoms with E-state index in [9.17, 15) is 4.79 Å². The molecule has 4 nitrogen and oxygen atoms in total. The van der Waals surface area contributed by atoms with Gasteiger partial charge in [0.25, 0.3) is 5.91 Å². The van der Waals surface area contributed by atoms with E-state index in [2.05, 4.69) is 15.3 Å². The number of rotatable bonds is 2. The highest BCUT2D eigenvalue weighted by Gasteiger charge is 2.04. The first-order chi connectivity index (χ1) is 6.86. The van der Waals surface area contributed by atoms with Crippen molar-refractivity contribution in [2.75, 3.05) is 5.32 Å². The minimum absolute atomic E-state index is 0.127. The van der Waals surface area contributed by atoms with Crippen molar-refractivity contribution in [1.29, 1.82) is 0 Å². The van der Waals surface area contributed by atoms with Crippen LogP contribution in [0.5, 0.6) is 0 Å². The highest BCUT2D eigenvalue weighted by Crippen LogP contribution is 2.06. The van der Waals surface area contributed by atoms with Crippen molar-refractivity contribution in [2.45, 2.75) is 0 Å². The highest BCUT2D eigenvalue weighted by atomic mass is 16.1. The van der Waals surface area contributed by atoms with Gasteiger partial charge in [-0.3, -0.25) is 9.78 Å². The van der Waals surface area contributed by atoms with Crippen molar-refractivity contribution in [3.8, 4) is 0 Å². The lowest BCUT2D eigenvalue weighted by Gasteiger charge is -2.01. The average molecular weight is 187 g/mol. The van der Waals surface area contributed by atoms with Crippen LogP contribution >= 0.6 is 0 Å². The van der Waals surface area contributed by atoms with Crippen molar-refractivity contribution in [2.24, 2.45) is 0 Å². The Balaban J connectivity index is 2.10. The van der Waals surface area contributed by atoms with Crippen LogP contribution in [0.3, 0.4) is 0 Å². The number of nitrogens with one attached hydrogen (secondary N) is 2. The van der Waals surface area contributed by atoms with E-state index in [4.69, 9.17) is 0 Å². The summed E-state index contributed by atoms with van der Waals surface area (Å²) in [5.41, 5.74) is 1.35. The molecule has 0 saturated heterocycles. The summed E-state index contributed by atoms with van der Waals surface area (Å²) < 4.78 is 0. The second-order valence-electron chi connectivity index (χ2n) is 2.79. The summed E-state index contributed by atoms with van der Waals surface area (Å²) in [6.45, 7) is 0. The third-order valence-corrected chi connectivity index (χ3v) is 1.80. The summed E-state index contributed by atoms with van der Waals surface area (Å²) >= 11 is 0. The monoisotopic (exact) mass is 187 g/mol. The van der Waals surface area contributed by atoms with E-state index < -0.39 is 0 Å². The summed E-state index contributed by atoms with van der Waals surface area (Å²) in [6, 6.07) is 5.20. The van der Waals surface area contributed by atoms with Gasteiger partial charge in [0, 0.05) is 30.5 Å². The van der Waals surface area contributed by atoms with E-state index >= 15 is 0 Å². The Morgan fingerprint density at radius 2 is 2.07 bits per heavy atom. The predicted molar refractivity (Wildman–Crippen MR) is 53.0 cm³/mol. The molecule has 0 unspecified atom stereocenters. The van der Waals surface area contributed by atoms with Crippen LogP contribution in [0.2, 0.25) is 0 Å². The number of nitrogens with zero attached hydrogens (tertiary/aromatic N) is 1. The fourth-order valence-corrected chi connectivity index (χ4v) is 1.10. The van der Waals surface area contributed by atoms with Crippen LogP contribution in [-0.2, 0) is 0 Å². The van der Waals surface area contributed by atoms with Gasteiger partial charge >= 0.3 is 0 Å². The highest BCUT2D eigenvalue weighted by molar-refractivity contribution is 6.04. The molecule has 0 aliphatic rings. The Bertz CT molecular complexity index is 408. The third kappa shape index (κ3) is 1.80. The summed E-state index contributed by atoms with van der Waals surface area (Å²) in [4.78, 5) is 18.2. The van der Waals surface area contributed by atoms with Crippen LogP contribution in [0.1, 0.15) is 10.4 Å². The Morgan fingerprint density at radius 3 is 2.71 bits per heavy atom. The average Bonchev–Trinajstić information content (AvgIpc) is 2.72. The van der Waals surface area contributed by atoms with Gasteiger partial charge in [0.15, 0.2) is 0 Å². The summed E-state index contributed by atoms with van der Waals surface area (Å²) in [5, 5.41) is 2.75. The fraction of sp³-hybridized carbons (Fsp3) is 0. The van der Waals surface area contributed by atoms with Gasteiger partial charge in [-0.2, -0.15) is 0 Å². The molecule has 2 N–H and O–H groups in total. The molecule has 1 amide bonds. The van der Waals surface area contributed by atoms with Crippen LogP contribution in [0.4, 0.5) is 5.69 Å². The molecule has 0 bridgehead atoms. The molecule has 0 saturated carbocycles. The van der Waals surface area contributed by atoms with Crippen LogP contribution in [0.25, 0.3) is 0 Å². The Labute approximate surface area is 81.0 Å². The normalized spacial score (nSPS) is 9.71. The van der Waals surface area contributed by atoms with E-state index in [0.717, 1.165) is 5.69 Å². The zero-order valence-corrected chi connectivity index (χ0v) is 7.40. The maximum absolute atomic E-state index is 11.5. The first kappa shape index (κ1) is 8.50. The predicted octanol–water partition coefficient (Wildman–Crippen LogP) is 1.66. The summed E-state index contributed by atoms with van der Waals surface area (Å²) in [7, 11) is 0. The molecule has 4 heteroatoms. The van der Waals surface area contributed by atoms with Crippen LogP contribution in [0.15, 0.2) is 43.0 Å². The van der Waals surface area contributed by atoms with Gasteiger partial charge in [-0.15, -0.1) is 0 Å². The van der Waals surface area contributed by atoms with Crippen LogP contribution in [0, 0.1) is 0 Å². The SMILES string of the molecule is O=C(Nc1ccncc1)c1cc[nH]c1. The smallest absolute Gasteiger partial charge is 0.257 e. The first-order valence-corrected chi connectivity index (χ1v) is 4.20. The van der Waals surface area contributed by atoms with Crippen molar-refractivity contribution in [1.82, 2.24) is 9.97 Å². The molecule has 2 heterocycles. The Hall–Kier alpha value is -2.10. The van der Waals surface area contributed by atoms with E-state index in [-0.39, 0.29) is 5.91 Å². The van der Waals surface area contributed by atoms with Gasteiger partial charge in [-0.05, 0) is 18.2 Å². The molecule has 2 rings (SSSR count). The molecule has 2 aromatic rings. The second kappa shape index (κ2) is 3.74. The first-order valence-electron chi connectivity index (χ1n) is 4.20.